The predicted molar refractivity (Wildman–Crippen MR) is 114 cm³/mol. The summed E-state index contributed by atoms with van der Waals surface area (Å²) in [4.78, 5) is 0. The molecule has 0 unspecified atom stereocenters. The van der Waals surface area contributed by atoms with Crippen LogP contribution in [0, 0.1) is 0 Å². The van der Waals surface area contributed by atoms with Gasteiger partial charge in [-0.05, 0) is 41.5 Å². The Bertz CT molecular complexity index is 640. The fourth-order valence-corrected chi connectivity index (χ4v) is 2.18. The Balaban J connectivity index is 0.000000483. The molecule has 0 aliphatic heterocycles. The second kappa shape index (κ2) is 8.11. The summed E-state index contributed by atoms with van der Waals surface area (Å²) >= 11 is 0. The minimum Gasteiger partial charge on any atom is -0.247 e. The molecule has 0 saturated carbocycles. The quantitative estimate of drug-likeness (QED) is 0.624. The number of aromatic nitrogens is 6. The first-order valence-electron chi connectivity index (χ1n) is 9.29. The Labute approximate surface area is 166 Å². The minimum atomic E-state index is 0. The van der Waals surface area contributed by atoms with Crippen LogP contribution in [0.2, 0.25) is 0 Å². The second-order valence-electron chi connectivity index (χ2n) is 10.9. The molecule has 0 saturated heterocycles. The summed E-state index contributed by atoms with van der Waals surface area (Å²) < 4.78 is 3.90. The summed E-state index contributed by atoms with van der Waals surface area (Å²) in [5.41, 5.74) is 2.46. The van der Waals surface area contributed by atoms with Crippen molar-refractivity contribution >= 4 is 0 Å². The van der Waals surface area contributed by atoms with E-state index in [0.29, 0.717) is 0 Å². The molecule has 0 radical (unpaired) electrons. The van der Waals surface area contributed by atoms with Gasteiger partial charge in [0.1, 0.15) is 0 Å². The lowest BCUT2D eigenvalue weighted by atomic mass is 9.91. The maximum absolute atomic E-state index is 4.17. The van der Waals surface area contributed by atoms with Gasteiger partial charge in [0.05, 0.1) is 28.7 Å². The number of hydrogen-bond acceptors (Lipinski definition) is 4. The number of nitrogens with zero attached hydrogens (tertiary/aromatic N) is 6. The van der Waals surface area contributed by atoms with Crippen molar-refractivity contribution in [2.45, 2.75) is 112 Å². The zero-order valence-corrected chi connectivity index (χ0v) is 18.8. The molecule has 0 fully saturated rings. The van der Waals surface area contributed by atoms with E-state index < -0.39 is 0 Å². The van der Waals surface area contributed by atoms with E-state index in [1.807, 2.05) is 21.8 Å². The van der Waals surface area contributed by atoms with E-state index in [1.54, 1.807) is 0 Å². The van der Waals surface area contributed by atoms with Crippen molar-refractivity contribution in [1.82, 2.24) is 30.0 Å². The zero-order valence-electron chi connectivity index (χ0n) is 18.8. The first-order valence-corrected chi connectivity index (χ1v) is 9.29. The fraction of sp³-hybridized carbons (Fsp3) is 0.810. The van der Waals surface area contributed by atoms with Crippen LogP contribution in [0.25, 0.3) is 0 Å². The number of rotatable bonds is 0. The van der Waals surface area contributed by atoms with Gasteiger partial charge in [-0.25, -0.2) is 9.36 Å². The Morgan fingerprint density at radius 2 is 1.22 bits per heavy atom. The third-order valence-corrected chi connectivity index (χ3v) is 3.90. The minimum absolute atomic E-state index is 0. The van der Waals surface area contributed by atoms with Crippen molar-refractivity contribution in [2.24, 2.45) is 0 Å². The van der Waals surface area contributed by atoms with Gasteiger partial charge in [0.2, 0.25) is 0 Å². The van der Waals surface area contributed by atoms with Gasteiger partial charge in [0.15, 0.2) is 0 Å². The Kier molecular flexibility index (Phi) is 7.59. The lowest BCUT2D eigenvalue weighted by Crippen LogP contribution is -2.30. The highest BCUT2D eigenvalue weighted by atomic mass is 15.5. The summed E-state index contributed by atoms with van der Waals surface area (Å²) in [7, 11) is 0. The van der Waals surface area contributed by atoms with Crippen LogP contribution in [-0.4, -0.2) is 30.0 Å². The molecule has 6 nitrogen and oxygen atoms in total. The molecule has 0 bridgehead atoms. The van der Waals surface area contributed by atoms with Crippen molar-refractivity contribution < 1.29 is 0 Å². The topological polar surface area (TPSA) is 61.4 Å². The highest BCUT2D eigenvalue weighted by Crippen LogP contribution is 2.25. The molecular weight excluding hydrogens is 336 g/mol. The van der Waals surface area contributed by atoms with E-state index in [4.69, 9.17) is 0 Å². The molecular formula is C21H42N6. The van der Waals surface area contributed by atoms with Crippen LogP contribution in [0.3, 0.4) is 0 Å². The van der Waals surface area contributed by atoms with E-state index in [-0.39, 0.29) is 29.3 Å². The molecule has 0 atom stereocenters. The van der Waals surface area contributed by atoms with Gasteiger partial charge in [-0.15, -0.1) is 10.2 Å². The Morgan fingerprint density at radius 1 is 0.704 bits per heavy atom. The molecule has 0 spiro atoms. The summed E-state index contributed by atoms with van der Waals surface area (Å²) in [5.74, 6) is 0. The first kappa shape index (κ1) is 25.3. The smallest absolute Gasteiger partial charge is 0.0880 e. The van der Waals surface area contributed by atoms with Crippen molar-refractivity contribution in [3.05, 3.63) is 23.8 Å². The van der Waals surface area contributed by atoms with E-state index in [9.17, 15) is 0 Å². The van der Waals surface area contributed by atoms with Crippen LogP contribution >= 0.6 is 0 Å². The van der Waals surface area contributed by atoms with E-state index in [0.717, 1.165) is 5.69 Å². The van der Waals surface area contributed by atoms with Gasteiger partial charge in [-0.3, -0.25) is 0 Å². The second-order valence-corrected chi connectivity index (χ2v) is 10.9. The van der Waals surface area contributed by atoms with Gasteiger partial charge < -0.3 is 0 Å². The van der Waals surface area contributed by atoms with Gasteiger partial charge in [-0.1, -0.05) is 59.4 Å². The molecule has 0 aliphatic carbocycles. The van der Waals surface area contributed by atoms with Crippen molar-refractivity contribution in [1.29, 1.82) is 0 Å². The lowest BCUT2D eigenvalue weighted by molar-refractivity contribution is 0.316. The molecule has 156 valence electrons. The normalized spacial score (nSPS) is 12.9. The SMILES string of the molecule is C.CC(C)(C)c1cn(C(C)(C)C)nn1.CC(C)(C)c1cnnn1C(C)(C)C. The van der Waals surface area contributed by atoms with Crippen LogP contribution in [0.1, 0.15) is 102 Å². The largest absolute Gasteiger partial charge is 0.247 e. The lowest BCUT2D eigenvalue weighted by Gasteiger charge is -2.27. The van der Waals surface area contributed by atoms with Crippen LogP contribution in [0.5, 0.6) is 0 Å². The van der Waals surface area contributed by atoms with Crippen LogP contribution < -0.4 is 0 Å². The van der Waals surface area contributed by atoms with Gasteiger partial charge in [0, 0.05) is 17.0 Å². The molecule has 6 heteroatoms. The molecule has 2 aromatic heterocycles. The average Bonchev–Trinajstić information content (AvgIpc) is 3.06. The molecule has 2 aromatic rings. The summed E-state index contributed by atoms with van der Waals surface area (Å²) in [6.45, 7) is 25.7. The van der Waals surface area contributed by atoms with Crippen LogP contribution in [0.4, 0.5) is 0 Å². The Morgan fingerprint density at radius 3 is 1.48 bits per heavy atom. The average molecular weight is 379 g/mol. The van der Waals surface area contributed by atoms with Gasteiger partial charge in [0.25, 0.3) is 0 Å². The standard InChI is InChI=1S/2C10H19N3.CH4/c1-9(2,3)8-7-13(12-11-8)10(4,5)6;1-9(2,3)8-7-11-12-13(8)10(4,5)6;/h2*7H,1-6H3;1H4. The van der Waals surface area contributed by atoms with Crippen molar-refractivity contribution in [3.8, 4) is 0 Å². The van der Waals surface area contributed by atoms with Crippen molar-refractivity contribution in [3.63, 3.8) is 0 Å². The third-order valence-electron chi connectivity index (χ3n) is 3.90. The fourth-order valence-electron chi connectivity index (χ4n) is 2.18. The maximum atomic E-state index is 4.17. The summed E-state index contributed by atoms with van der Waals surface area (Å²) in [6, 6.07) is 0. The molecule has 2 rings (SSSR count). The van der Waals surface area contributed by atoms with E-state index >= 15 is 0 Å². The monoisotopic (exact) mass is 378 g/mol. The van der Waals surface area contributed by atoms with Crippen LogP contribution in [-0.2, 0) is 21.9 Å². The van der Waals surface area contributed by atoms with Crippen LogP contribution in [0.15, 0.2) is 12.4 Å². The summed E-state index contributed by atoms with van der Waals surface area (Å²) in [6.07, 6.45) is 3.88. The third kappa shape index (κ3) is 7.07. The van der Waals surface area contributed by atoms with Gasteiger partial charge in [-0.2, -0.15) is 0 Å². The predicted octanol–water partition coefficient (Wildman–Crippen LogP) is 5.30. The molecule has 0 N–H and O–H groups in total. The highest BCUT2D eigenvalue weighted by molar-refractivity contribution is 5.09. The van der Waals surface area contributed by atoms with Gasteiger partial charge >= 0.3 is 0 Å². The molecule has 0 amide bonds. The Hall–Kier alpha value is -1.72. The van der Waals surface area contributed by atoms with Crippen molar-refractivity contribution in [2.75, 3.05) is 0 Å². The first-order chi connectivity index (χ1) is 11.4. The molecule has 2 heterocycles. The molecule has 27 heavy (non-hydrogen) atoms. The zero-order chi connectivity index (χ0) is 20.6. The highest BCUT2D eigenvalue weighted by Gasteiger charge is 2.25. The molecule has 0 aromatic carbocycles. The molecule has 0 aliphatic rings. The van der Waals surface area contributed by atoms with E-state index in [1.165, 1.54) is 5.69 Å². The summed E-state index contributed by atoms with van der Waals surface area (Å²) in [5, 5.41) is 16.4. The number of hydrogen-bond donors (Lipinski definition) is 0. The maximum Gasteiger partial charge on any atom is 0.0880 e. The van der Waals surface area contributed by atoms with E-state index in [2.05, 4.69) is 104 Å².